The van der Waals surface area contributed by atoms with Crippen LogP contribution in [0.4, 0.5) is 0 Å². The topological polar surface area (TPSA) is 26.3 Å². The highest BCUT2D eigenvalue weighted by molar-refractivity contribution is 5.72. The fourth-order valence-electron chi connectivity index (χ4n) is 1.18. The quantitative estimate of drug-likeness (QED) is 0.542. The molecule has 0 aliphatic carbocycles. The molecule has 0 bridgehead atoms. The van der Waals surface area contributed by atoms with Crippen molar-refractivity contribution in [2.45, 2.75) is 26.2 Å². The molecular weight excluding hydrogens is 188 g/mol. The summed E-state index contributed by atoms with van der Waals surface area (Å²) in [5, 5.41) is 0. The van der Waals surface area contributed by atoms with Gasteiger partial charge in [-0.1, -0.05) is 38.1 Å². The standard InChI is InChI=1S/C13H16O2/c1-3-5-6-13(14)15-12-9-7-11(4-2)8-10-12/h4,7-10H,2-3,5-6H2,1H3. The van der Waals surface area contributed by atoms with E-state index in [2.05, 4.69) is 6.58 Å². The Balaban J connectivity index is 2.49. The Morgan fingerprint density at radius 3 is 2.60 bits per heavy atom. The monoisotopic (exact) mass is 204 g/mol. The highest BCUT2D eigenvalue weighted by Crippen LogP contribution is 2.13. The van der Waals surface area contributed by atoms with Gasteiger partial charge in [0.2, 0.25) is 0 Å². The zero-order valence-electron chi connectivity index (χ0n) is 9.03. The summed E-state index contributed by atoms with van der Waals surface area (Å²) in [4.78, 5) is 11.3. The molecule has 2 nitrogen and oxygen atoms in total. The first-order valence-electron chi connectivity index (χ1n) is 5.19. The summed E-state index contributed by atoms with van der Waals surface area (Å²) in [6, 6.07) is 7.30. The molecule has 0 unspecified atom stereocenters. The summed E-state index contributed by atoms with van der Waals surface area (Å²) >= 11 is 0. The molecule has 1 aromatic rings. The number of unbranched alkanes of at least 4 members (excludes halogenated alkanes) is 1. The van der Waals surface area contributed by atoms with Crippen LogP contribution in [0.15, 0.2) is 30.8 Å². The first-order chi connectivity index (χ1) is 7.26. The molecule has 0 aromatic heterocycles. The van der Waals surface area contributed by atoms with Gasteiger partial charge in [0.15, 0.2) is 0 Å². The molecule has 0 saturated heterocycles. The Morgan fingerprint density at radius 1 is 1.40 bits per heavy atom. The van der Waals surface area contributed by atoms with Gasteiger partial charge >= 0.3 is 5.97 Å². The Morgan fingerprint density at radius 2 is 2.07 bits per heavy atom. The molecule has 0 spiro atoms. The van der Waals surface area contributed by atoms with Gasteiger partial charge in [0.25, 0.3) is 0 Å². The first kappa shape index (κ1) is 11.5. The van der Waals surface area contributed by atoms with Crippen LogP contribution in [0.1, 0.15) is 31.7 Å². The molecule has 0 radical (unpaired) electrons. The van der Waals surface area contributed by atoms with Crippen molar-refractivity contribution < 1.29 is 9.53 Å². The lowest BCUT2D eigenvalue weighted by Gasteiger charge is -2.03. The first-order valence-corrected chi connectivity index (χ1v) is 5.19. The molecule has 1 aromatic carbocycles. The zero-order chi connectivity index (χ0) is 11.1. The van der Waals surface area contributed by atoms with Crippen LogP contribution in [0.2, 0.25) is 0 Å². The van der Waals surface area contributed by atoms with E-state index < -0.39 is 0 Å². The molecule has 0 atom stereocenters. The van der Waals surface area contributed by atoms with E-state index in [1.165, 1.54) is 0 Å². The number of esters is 1. The predicted octanol–water partition coefficient (Wildman–Crippen LogP) is 3.43. The average Bonchev–Trinajstić information content (AvgIpc) is 2.27. The van der Waals surface area contributed by atoms with Gasteiger partial charge in [-0.2, -0.15) is 0 Å². The molecule has 0 amide bonds. The van der Waals surface area contributed by atoms with E-state index in [9.17, 15) is 4.79 Å². The smallest absolute Gasteiger partial charge is 0.311 e. The van der Waals surface area contributed by atoms with Crippen molar-refractivity contribution in [2.24, 2.45) is 0 Å². The lowest BCUT2D eigenvalue weighted by Crippen LogP contribution is -2.07. The summed E-state index contributed by atoms with van der Waals surface area (Å²) in [6.07, 6.45) is 4.12. The van der Waals surface area contributed by atoms with Gasteiger partial charge in [0.1, 0.15) is 5.75 Å². The lowest BCUT2D eigenvalue weighted by atomic mass is 10.2. The van der Waals surface area contributed by atoms with Crippen molar-refractivity contribution in [1.29, 1.82) is 0 Å². The van der Waals surface area contributed by atoms with Gasteiger partial charge in [-0.15, -0.1) is 0 Å². The van der Waals surface area contributed by atoms with Crippen LogP contribution in [0.3, 0.4) is 0 Å². The van der Waals surface area contributed by atoms with E-state index in [1.807, 2.05) is 19.1 Å². The highest BCUT2D eigenvalue weighted by Gasteiger charge is 2.03. The number of carbonyl (C=O) groups is 1. The maximum absolute atomic E-state index is 11.3. The zero-order valence-corrected chi connectivity index (χ0v) is 9.03. The third-order valence-electron chi connectivity index (χ3n) is 2.08. The largest absolute Gasteiger partial charge is 0.427 e. The van der Waals surface area contributed by atoms with Gasteiger partial charge in [-0.3, -0.25) is 4.79 Å². The number of carbonyl (C=O) groups excluding carboxylic acids is 1. The fourth-order valence-corrected chi connectivity index (χ4v) is 1.18. The minimum Gasteiger partial charge on any atom is -0.427 e. The van der Waals surface area contributed by atoms with Crippen LogP contribution >= 0.6 is 0 Å². The van der Waals surface area contributed by atoms with Crippen molar-refractivity contribution in [3.05, 3.63) is 36.4 Å². The predicted molar refractivity (Wildman–Crippen MR) is 61.7 cm³/mol. The molecule has 2 heteroatoms. The van der Waals surface area contributed by atoms with Gasteiger partial charge in [-0.05, 0) is 24.1 Å². The number of hydrogen-bond acceptors (Lipinski definition) is 2. The van der Waals surface area contributed by atoms with E-state index >= 15 is 0 Å². The lowest BCUT2D eigenvalue weighted by molar-refractivity contribution is -0.134. The summed E-state index contributed by atoms with van der Waals surface area (Å²) in [5.41, 5.74) is 1.02. The number of benzene rings is 1. The van der Waals surface area contributed by atoms with E-state index in [0.717, 1.165) is 18.4 Å². The maximum atomic E-state index is 11.3. The second-order valence-corrected chi connectivity index (χ2v) is 3.35. The van der Waals surface area contributed by atoms with Crippen molar-refractivity contribution in [1.82, 2.24) is 0 Å². The average molecular weight is 204 g/mol. The van der Waals surface area contributed by atoms with Crippen molar-refractivity contribution >= 4 is 12.0 Å². The fraction of sp³-hybridized carbons (Fsp3) is 0.308. The molecular formula is C13H16O2. The van der Waals surface area contributed by atoms with Crippen LogP contribution in [0, 0.1) is 0 Å². The molecule has 80 valence electrons. The number of ether oxygens (including phenoxy) is 1. The highest BCUT2D eigenvalue weighted by atomic mass is 16.5. The molecule has 0 heterocycles. The molecule has 0 aliphatic rings. The number of rotatable bonds is 5. The molecule has 0 aliphatic heterocycles. The Hall–Kier alpha value is -1.57. The minimum atomic E-state index is -0.164. The molecule has 15 heavy (non-hydrogen) atoms. The number of hydrogen-bond donors (Lipinski definition) is 0. The van der Waals surface area contributed by atoms with Crippen LogP contribution < -0.4 is 4.74 Å². The summed E-state index contributed by atoms with van der Waals surface area (Å²) in [6.45, 7) is 5.70. The van der Waals surface area contributed by atoms with Gasteiger partial charge in [0, 0.05) is 6.42 Å². The molecule has 0 N–H and O–H groups in total. The second kappa shape index (κ2) is 6.02. The Kier molecular flexibility index (Phi) is 4.61. The third-order valence-corrected chi connectivity index (χ3v) is 2.08. The van der Waals surface area contributed by atoms with E-state index in [0.29, 0.717) is 12.2 Å². The second-order valence-electron chi connectivity index (χ2n) is 3.35. The Labute approximate surface area is 90.6 Å². The van der Waals surface area contributed by atoms with Crippen LogP contribution in [-0.4, -0.2) is 5.97 Å². The maximum Gasteiger partial charge on any atom is 0.311 e. The summed E-state index contributed by atoms with van der Waals surface area (Å²) in [7, 11) is 0. The van der Waals surface area contributed by atoms with E-state index in [1.54, 1.807) is 18.2 Å². The van der Waals surface area contributed by atoms with Crippen molar-refractivity contribution in [2.75, 3.05) is 0 Å². The van der Waals surface area contributed by atoms with Gasteiger partial charge in [0.05, 0.1) is 0 Å². The van der Waals surface area contributed by atoms with Crippen LogP contribution in [-0.2, 0) is 4.79 Å². The summed E-state index contributed by atoms with van der Waals surface area (Å²) in [5.74, 6) is 0.435. The van der Waals surface area contributed by atoms with E-state index in [-0.39, 0.29) is 5.97 Å². The molecule has 0 saturated carbocycles. The minimum absolute atomic E-state index is 0.164. The van der Waals surface area contributed by atoms with Crippen LogP contribution in [0.5, 0.6) is 5.75 Å². The van der Waals surface area contributed by atoms with Crippen LogP contribution in [0.25, 0.3) is 6.08 Å². The van der Waals surface area contributed by atoms with Gasteiger partial charge in [-0.25, -0.2) is 0 Å². The molecule has 1 rings (SSSR count). The Bertz CT molecular complexity index is 325. The molecule has 0 fully saturated rings. The SMILES string of the molecule is C=Cc1ccc(OC(=O)CCCC)cc1. The van der Waals surface area contributed by atoms with Gasteiger partial charge < -0.3 is 4.74 Å². The van der Waals surface area contributed by atoms with Crippen molar-refractivity contribution in [3.63, 3.8) is 0 Å². The summed E-state index contributed by atoms with van der Waals surface area (Å²) < 4.78 is 5.14. The van der Waals surface area contributed by atoms with E-state index in [4.69, 9.17) is 4.74 Å². The normalized spacial score (nSPS) is 9.67. The van der Waals surface area contributed by atoms with Crippen molar-refractivity contribution in [3.8, 4) is 5.75 Å². The third kappa shape index (κ3) is 3.98.